The van der Waals surface area contributed by atoms with E-state index in [4.69, 9.17) is 0 Å². The largest absolute Gasteiger partial charge is 0.588 e. The Balaban J connectivity index is 0. The topological polar surface area (TPSA) is 26.3 Å². The molecule has 0 aliphatic rings. The number of methoxy groups -OCH3 is 1. The Morgan fingerprint density at radius 1 is 1.71 bits per heavy atom. The molecule has 3 heteroatoms. The van der Waals surface area contributed by atoms with Crippen molar-refractivity contribution in [2.45, 2.75) is 0 Å². The van der Waals surface area contributed by atoms with Gasteiger partial charge in [0.1, 0.15) is 0 Å². The molecule has 7 heavy (non-hydrogen) atoms. The average Bonchev–Trinajstić information content (AvgIpc) is 1.61. The molecule has 0 aromatic rings. The van der Waals surface area contributed by atoms with Crippen molar-refractivity contribution in [1.29, 1.82) is 0 Å². The Kier molecular flexibility index (Phi) is 14.1. The first-order valence-corrected chi connectivity index (χ1v) is 1.47. The van der Waals surface area contributed by atoms with Crippen molar-refractivity contribution >= 4 is 6.29 Å². The van der Waals surface area contributed by atoms with E-state index < -0.39 is 0 Å². The van der Waals surface area contributed by atoms with E-state index >= 15 is 0 Å². The second-order valence-electron chi connectivity index (χ2n) is 0.656. The van der Waals surface area contributed by atoms with E-state index in [1.54, 1.807) is 0 Å². The number of hydrogen-bond acceptors (Lipinski definition) is 2. The van der Waals surface area contributed by atoms with Crippen molar-refractivity contribution in [3.05, 3.63) is 12.3 Å². The molecule has 0 spiro atoms. The number of carbonyl (C=O) groups excluding carboxylic acids is 1. The molecule has 0 N–H and O–H groups in total. The van der Waals surface area contributed by atoms with Gasteiger partial charge >= 0.3 is 0 Å². The number of hydrogen-bond donors (Lipinski definition) is 0. The van der Waals surface area contributed by atoms with E-state index in [1.165, 1.54) is 19.7 Å². The van der Waals surface area contributed by atoms with Gasteiger partial charge in [0, 0.05) is 32.7 Å². The third kappa shape index (κ3) is 10.7. The second-order valence-corrected chi connectivity index (χ2v) is 0.656. The Bertz CT molecular complexity index is 60.7. The Labute approximate surface area is 67.8 Å². The molecule has 0 saturated heterocycles. The summed E-state index contributed by atoms with van der Waals surface area (Å²) in [6, 6.07) is 0. The molecule has 0 saturated carbocycles. The minimum Gasteiger partial charge on any atom is -0.588 e. The van der Waals surface area contributed by atoms with Crippen molar-refractivity contribution in [2.24, 2.45) is 0 Å². The minimum absolute atomic E-state index is 0. The van der Waals surface area contributed by atoms with E-state index in [1.807, 2.05) is 0 Å². The summed E-state index contributed by atoms with van der Waals surface area (Å²) < 4.78 is 4.34. The predicted molar refractivity (Wildman–Crippen MR) is 21.8 cm³/mol. The van der Waals surface area contributed by atoms with Crippen LogP contribution in [0.3, 0.4) is 0 Å². The smallest absolute Gasteiger partial charge is 0.0523 e. The zero-order valence-electron chi connectivity index (χ0n) is 4.05. The van der Waals surface area contributed by atoms with Crippen LogP contribution in [0.2, 0.25) is 0 Å². The number of rotatable bonds is 2. The van der Waals surface area contributed by atoms with Gasteiger partial charge in [-0.3, -0.25) is 0 Å². The van der Waals surface area contributed by atoms with Crippen LogP contribution in [0.4, 0.5) is 0 Å². The monoisotopic (exact) mass is 174 g/mol. The summed E-state index contributed by atoms with van der Waals surface area (Å²) in [5.41, 5.74) is 0. The van der Waals surface area contributed by atoms with Gasteiger partial charge in [-0.15, -0.1) is 0 Å². The van der Waals surface area contributed by atoms with Crippen molar-refractivity contribution in [1.82, 2.24) is 0 Å². The molecule has 0 fully saturated rings. The summed E-state index contributed by atoms with van der Waals surface area (Å²) in [5.74, 6) is 0. The quantitative estimate of drug-likeness (QED) is 0.340. The maximum atomic E-state index is 9.27. The van der Waals surface area contributed by atoms with Gasteiger partial charge in [0.15, 0.2) is 0 Å². The molecular weight excluding hydrogens is 169 g/mol. The van der Waals surface area contributed by atoms with Crippen molar-refractivity contribution < 1.29 is 42.2 Å². The van der Waals surface area contributed by atoms with E-state index in [0.29, 0.717) is 0 Å². The number of allylic oxidation sites excluding steroid dienone is 1. The normalized spacial score (nSPS) is 7.57. The van der Waals surface area contributed by atoms with Gasteiger partial charge in [-0.25, -0.2) is 0 Å². The van der Waals surface area contributed by atoms with Gasteiger partial charge < -0.3 is 9.53 Å². The molecular formula is C4H5O2Y-. The molecule has 2 nitrogen and oxygen atoms in total. The van der Waals surface area contributed by atoms with Gasteiger partial charge in [-0.1, -0.05) is 6.26 Å². The van der Waals surface area contributed by atoms with Crippen molar-refractivity contribution in [3.63, 3.8) is 0 Å². The first-order chi connectivity index (χ1) is 2.91. The van der Waals surface area contributed by atoms with E-state index in [-0.39, 0.29) is 32.7 Å². The van der Waals surface area contributed by atoms with Gasteiger partial charge in [0.05, 0.1) is 7.11 Å². The number of ether oxygens (including phenoxy) is 1. The fourth-order valence-electron chi connectivity index (χ4n) is 0.0958. The Morgan fingerprint density at radius 2 is 2.29 bits per heavy atom. The van der Waals surface area contributed by atoms with Crippen LogP contribution in [-0.4, -0.2) is 13.4 Å². The maximum absolute atomic E-state index is 9.27. The average molecular weight is 174 g/mol. The van der Waals surface area contributed by atoms with Crippen LogP contribution in [0.5, 0.6) is 0 Å². The van der Waals surface area contributed by atoms with Crippen LogP contribution >= 0.6 is 0 Å². The molecule has 0 unspecified atom stereocenters. The van der Waals surface area contributed by atoms with Gasteiger partial charge in [-0.05, 0) is 6.29 Å². The van der Waals surface area contributed by atoms with Crippen molar-refractivity contribution in [2.75, 3.05) is 7.11 Å². The molecule has 0 amide bonds. The maximum Gasteiger partial charge on any atom is 0.0523 e. The SMILES string of the molecule is CO/C=C/[C-]=O.[Y]. The van der Waals surface area contributed by atoms with E-state index in [9.17, 15) is 4.79 Å². The fraction of sp³-hybridized carbons (Fsp3) is 0.250. The van der Waals surface area contributed by atoms with Crippen LogP contribution in [0.25, 0.3) is 0 Å². The summed E-state index contributed by atoms with van der Waals surface area (Å²) in [6.45, 7) is 0. The van der Waals surface area contributed by atoms with Crippen LogP contribution in [0.15, 0.2) is 12.3 Å². The summed E-state index contributed by atoms with van der Waals surface area (Å²) in [7, 11) is 1.47. The van der Waals surface area contributed by atoms with Crippen molar-refractivity contribution in [3.8, 4) is 0 Å². The Hall–Kier alpha value is 0.314. The summed E-state index contributed by atoms with van der Waals surface area (Å²) in [6.07, 6.45) is 3.92. The summed E-state index contributed by atoms with van der Waals surface area (Å²) in [4.78, 5) is 9.27. The molecule has 1 radical (unpaired) electrons. The fourth-order valence-corrected chi connectivity index (χ4v) is 0.0958. The molecule has 0 bridgehead atoms. The van der Waals surface area contributed by atoms with Gasteiger partial charge in [-0.2, -0.15) is 6.08 Å². The molecule has 0 aromatic carbocycles. The van der Waals surface area contributed by atoms with Crippen LogP contribution in [0.1, 0.15) is 0 Å². The minimum atomic E-state index is 0. The second kappa shape index (κ2) is 9.58. The first kappa shape index (κ1) is 10.3. The van der Waals surface area contributed by atoms with Crippen LogP contribution in [-0.2, 0) is 42.2 Å². The Morgan fingerprint density at radius 3 is 2.43 bits per heavy atom. The zero-order chi connectivity index (χ0) is 4.83. The van der Waals surface area contributed by atoms with Gasteiger partial charge in [0.2, 0.25) is 0 Å². The zero-order valence-corrected chi connectivity index (χ0v) is 6.89. The van der Waals surface area contributed by atoms with E-state index in [0.717, 1.165) is 6.08 Å². The molecule has 0 aromatic heterocycles. The molecule has 0 aliphatic heterocycles. The van der Waals surface area contributed by atoms with E-state index in [2.05, 4.69) is 4.74 Å². The van der Waals surface area contributed by atoms with Gasteiger partial charge in [0.25, 0.3) is 0 Å². The summed E-state index contributed by atoms with van der Waals surface area (Å²) in [5, 5.41) is 0. The van der Waals surface area contributed by atoms with Crippen LogP contribution in [0, 0.1) is 0 Å². The molecule has 37 valence electrons. The molecule has 0 atom stereocenters. The standard InChI is InChI=1S/C4H5O2.Y/c1-6-4-2-3-5;/h2,4H,1H3;/q-1;/b4-2+;. The third-order valence-electron chi connectivity index (χ3n) is 0.272. The summed E-state index contributed by atoms with van der Waals surface area (Å²) >= 11 is 0. The van der Waals surface area contributed by atoms with Crippen LogP contribution < -0.4 is 0 Å². The third-order valence-corrected chi connectivity index (χ3v) is 0.272. The predicted octanol–water partition coefficient (Wildman–Crippen LogP) is 0.254. The first-order valence-electron chi connectivity index (χ1n) is 1.47. The molecule has 0 aliphatic carbocycles. The molecule has 0 rings (SSSR count). The molecule has 0 heterocycles.